The fourth-order valence-corrected chi connectivity index (χ4v) is 11.3. The molecule has 5 saturated carbocycles. The van der Waals surface area contributed by atoms with Crippen molar-refractivity contribution in [2.45, 2.75) is 98.8 Å². The standard InChI is InChI=1S/C30H48N2O/c1-19(2)20-9-14-30(17-31)16-15-28(5)21(25(20)30)7-8-23-26(3)12-11-24(32)27(4,18-33)22(26)10-13-29(23,28)6/h17,20-23,25,31-33H,1,7-16,18H2,2-6H3/t20-,21+,22+,23+,25+,26-,27-,28+,29+,30+/m0/s1. The summed E-state index contributed by atoms with van der Waals surface area (Å²) in [6.45, 7) is 16.8. The fraction of sp³-hybridized carbons (Fsp3) is 0.867. The van der Waals surface area contributed by atoms with E-state index in [0.29, 0.717) is 40.4 Å². The molecule has 0 spiro atoms. The van der Waals surface area contributed by atoms with Gasteiger partial charge in [0.15, 0.2) is 0 Å². The summed E-state index contributed by atoms with van der Waals surface area (Å²) >= 11 is 0. The second kappa shape index (κ2) is 7.28. The largest absolute Gasteiger partial charge is 0.395 e. The van der Waals surface area contributed by atoms with Crippen molar-refractivity contribution < 1.29 is 5.11 Å². The lowest BCUT2D eigenvalue weighted by molar-refractivity contribution is -0.224. The first kappa shape index (κ1) is 23.8. The maximum atomic E-state index is 10.4. The van der Waals surface area contributed by atoms with E-state index < -0.39 is 0 Å². The summed E-state index contributed by atoms with van der Waals surface area (Å²) in [5, 5.41) is 27.6. The SMILES string of the molecule is C=C(C)[C@@H]1CC[C@]2(C=N)CC[C@]3(C)[C@H](CC[C@@H]4[C@@]5(C)CCC(=N)[C@@](C)(CO)[C@@H]5CC[C@]43C)[C@@H]12. The van der Waals surface area contributed by atoms with Gasteiger partial charge in [-0.15, -0.1) is 0 Å². The summed E-state index contributed by atoms with van der Waals surface area (Å²) in [5.74, 6) is 2.95. The Labute approximate surface area is 202 Å². The Morgan fingerprint density at radius 3 is 2.33 bits per heavy atom. The first-order valence-corrected chi connectivity index (χ1v) is 13.8. The van der Waals surface area contributed by atoms with Crippen molar-refractivity contribution in [1.29, 1.82) is 10.8 Å². The Bertz CT molecular complexity index is 881. The monoisotopic (exact) mass is 452 g/mol. The first-order chi connectivity index (χ1) is 15.4. The molecule has 3 N–H and O–H groups in total. The third kappa shape index (κ3) is 2.72. The van der Waals surface area contributed by atoms with Crippen molar-refractivity contribution >= 4 is 11.9 Å². The first-order valence-electron chi connectivity index (χ1n) is 13.8. The van der Waals surface area contributed by atoms with E-state index in [4.69, 9.17) is 10.8 Å². The molecular weight excluding hydrogens is 404 g/mol. The topological polar surface area (TPSA) is 67.9 Å². The highest BCUT2D eigenvalue weighted by molar-refractivity contribution is 5.88. The predicted octanol–water partition coefficient (Wildman–Crippen LogP) is 7.29. The van der Waals surface area contributed by atoms with Crippen molar-refractivity contribution in [1.82, 2.24) is 0 Å². The maximum absolute atomic E-state index is 10.4. The summed E-state index contributed by atoms with van der Waals surface area (Å²) in [6, 6.07) is 0. The van der Waals surface area contributed by atoms with Gasteiger partial charge < -0.3 is 15.9 Å². The number of rotatable bonds is 3. The molecule has 3 heteroatoms. The zero-order valence-corrected chi connectivity index (χ0v) is 21.9. The highest BCUT2D eigenvalue weighted by Gasteiger charge is 2.70. The smallest absolute Gasteiger partial charge is 0.0539 e. The molecule has 0 radical (unpaired) electrons. The number of aliphatic hydroxyl groups excluding tert-OH is 1. The molecule has 0 heterocycles. The van der Waals surface area contributed by atoms with Crippen molar-refractivity contribution in [2.75, 3.05) is 6.61 Å². The Morgan fingerprint density at radius 2 is 1.70 bits per heavy atom. The van der Waals surface area contributed by atoms with Crippen molar-refractivity contribution in [2.24, 2.45) is 56.7 Å². The maximum Gasteiger partial charge on any atom is 0.0539 e. The Balaban J connectivity index is 1.56. The molecule has 0 bridgehead atoms. The molecule has 0 amide bonds. The van der Waals surface area contributed by atoms with Gasteiger partial charge in [0.2, 0.25) is 0 Å². The molecular formula is C30H48N2O. The molecule has 0 unspecified atom stereocenters. The van der Waals surface area contributed by atoms with Gasteiger partial charge in [0.25, 0.3) is 0 Å². The van der Waals surface area contributed by atoms with Crippen LogP contribution in [0.15, 0.2) is 12.2 Å². The van der Waals surface area contributed by atoms with Gasteiger partial charge in [0, 0.05) is 22.8 Å². The van der Waals surface area contributed by atoms with E-state index in [2.05, 4.69) is 41.2 Å². The molecule has 5 aliphatic rings. The lowest BCUT2D eigenvalue weighted by Crippen LogP contribution is -2.67. The number of allylic oxidation sites excluding steroid dienone is 1. The van der Waals surface area contributed by atoms with Gasteiger partial charge in [0.1, 0.15) is 0 Å². The number of hydrogen-bond acceptors (Lipinski definition) is 3. The molecule has 10 atom stereocenters. The van der Waals surface area contributed by atoms with E-state index >= 15 is 0 Å². The van der Waals surface area contributed by atoms with Gasteiger partial charge in [-0.3, -0.25) is 0 Å². The summed E-state index contributed by atoms with van der Waals surface area (Å²) in [4.78, 5) is 0. The van der Waals surface area contributed by atoms with Crippen LogP contribution in [-0.4, -0.2) is 23.6 Å². The summed E-state index contributed by atoms with van der Waals surface area (Å²) in [5.41, 5.74) is 2.72. The van der Waals surface area contributed by atoms with Crippen LogP contribution in [0.1, 0.15) is 98.8 Å². The number of hydrogen-bond donors (Lipinski definition) is 3. The number of fused-ring (bicyclic) bond motifs is 7. The van der Waals surface area contributed by atoms with Gasteiger partial charge in [-0.05, 0) is 117 Å². The molecule has 5 fully saturated rings. The lowest BCUT2D eigenvalue weighted by Gasteiger charge is -2.72. The van der Waals surface area contributed by atoms with Crippen molar-refractivity contribution in [3.05, 3.63) is 12.2 Å². The van der Waals surface area contributed by atoms with E-state index in [9.17, 15) is 5.11 Å². The highest BCUT2D eigenvalue weighted by atomic mass is 16.3. The Kier molecular flexibility index (Phi) is 5.24. The van der Waals surface area contributed by atoms with Crippen LogP contribution in [0, 0.1) is 67.5 Å². The fourth-order valence-electron chi connectivity index (χ4n) is 11.3. The average molecular weight is 453 g/mol. The van der Waals surface area contributed by atoms with Gasteiger partial charge in [-0.1, -0.05) is 39.8 Å². The van der Waals surface area contributed by atoms with Crippen molar-refractivity contribution in [3.63, 3.8) is 0 Å². The lowest BCUT2D eigenvalue weighted by atomic mass is 9.32. The summed E-state index contributed by atoms with van der Waals surface area (Å²) in [6.07, 6.45) is 13.6. The third-order valence-corrected chi connectivity index (χ3v) is 13.4. The molecule has 33 heavy (non-hydrogen) atoms. The van der Waals surface area contributed by atoms with E-state index in [-0.39, 0.29) is 22.9 Å². The van der Waals surface area contributed by atoms with Crippen molar-refractivity contribution in [3.8, 4) is 0 Å². The van der Waals surface area contributed by atoms with Crippen LogP contribution in [0.3, 0.4) is 0 Å². The number of aliphatic hydroxyl groups is 1. The van der Waals surface area contributed by atoms with E-state index in [0.717, 1.165) is 25.0 Å². The minimum absolute atomic E-state index is 0.105. The van der Waals surface area contributed by atoms with Crippen LogP contribution in [0.4, 0.5) is 0 Å². The number of nitrogens with one attached hydrogen (secondary N) is 2. The molecule has 0 aromatic carbocycles. The molecule has 0 saturated heterocycles. The Hall–Kier alpha value is -0.960. The normalized spacial score (nSPS) is 55.7. The van der Waals surface area contributed by atoms with Crippen LogP contribution in [-0.2, 0) is 0 Å². The van der Waals surface area contributed by atoms with Gasteiger partial charge in [0.05, 0.1) is 6.61 Å². The van der Waals surface area contributed by atoms with Crippen LogP contribution in [0.2, 0.25) is 0 Å². The average Bonchev–Trinajstić information content (AvgIpc) is 3.17. The predicted molar refractivity (Wildman–Crippen MR) is 137 cm³/mol. The summed E-state index contributed by atoms with van der Waals surface area (Å²) < 4.78 is 0. The van der Waals surface area contributed by atoms with Gasteiger partial charge in [-0.2, -0.15) is 0 Å². The molecule has 0 aromatic rings. The molecule has 0 aliphatic heterocycles. The van der Waals surface area contributed by atoms with Gasteiger partial charge in [-0.25, -0.2) is 0 Å². The van der Waals surface area contributed by atoms with E-state index in [1.807, 2.05) is 6.21 Å². The quantitative estimate of drug-likeness (QED) is 0.305. The minimum atomic E-state index is -0.343. The van der Waals surface area contributed by atoms with Gasteiger partial charge >= 0.3 is 0 Å². The van der Waals surface area contributed by atoms with E-state index in [1.165, 1.54) is 50.5 Å². The van der Waals surface area contributed by atoms with E-state index in [1.54, 1.807) is 0 Å². The molecule has 5 rings (SSSR count). The molecule has 184 valence electrons. The highest BCUT2D eigenvalue weighted by Crippen LogP contribution is 2.77. The Morgan fingerprint density at radius 1 is 0.970 bits per heavy atom. The van der Waals surface area contributed by atoms with Crippen LogP contribution >= 0.6 is 0 Å². The zero-order valence-electron chi connectivity index (χ0n) is 21.9. The summed E-state index contributed by atoms with van der Waals surface area (Å²) in [7, 11) is 0. The second-order valence-electron chi connectivity index (χ2n) is 14.1. The van der Waals surface area contributed by atoms with Crippen LogP contribution in [0.25, 0.3) is 0 Å². The second-order valence-corrected chi connectivity index (χ2v) is 14.1. The molecule has 3 nitrogen and oxygen atoms in total. The van der Waals surface area contributed by atoms with Crippen LogP contribution in [0.5, 0.6) is 0 Å². The molecule has 5 aliphatic carbocycles. The minimum Gasteiger partial charge on any atom is -0.395 e. The zero-order chi connectivity index (χ0) is 24.0. The third-order valence-electron chi connectivity index (χ3n) is 13.4. The molecule has 0 aromatic heterocycles. The van der Waals surface area contributed by atoms with Crippen LogP contribution < -0.4 is 0 Å².